The van der Waals surface area contributed by atoms with E-state index >= 15 is 0 Å². The molecular weight excluding hydrogens is 333 g/mol. The molecule has 142 valence electrons. The van der Waals surface area contributed by atoms with E-state index in [0.717, 1.165) is 38.5 Å². The van der Waals surface area contributed by atoms with Crippen molar-refractivity contribution in [1.82, 2.24) is 15.1 Å². The van der Waals surface area contributed by atoms with Gasteiger partial charge in [0.1, 0.15) is 5.82 Å². The minimum Gasteiger partial charge on any atom is -0.379 e. The summed E-state index contributed by atoms with van der Waals surface area (Å²) >= 11 is 0. The summed E-state index contributed by atoms with van der Waals surface area (Å²) in [5.41, 5.74) is 0.645. The fourth-order valence-electron chi connectivity index (χ4n) is 4.29. The van der Waals surface area contributed by atoms with Crippen LogP contribution in [0.2, 0.25) is 0 Å². The average molecular weight is 361 g/mol. The molecule has 0 bridgehead atoms. The minimum atomic E-state index is -0.215. The fourth-order valence-corrected chi connectivity index (χ4v) is 4.29. The van der Waals surface area contributed by atoms with Crippen LogP contribution in [0.15, 0.2) is 24.3 Å². The lowest BCUT2D eigenvalue weighted by molar-refractivity contribution is 0.0158. The number of urea groups is 1. The highest BCUT2D eigenvalue weighted by Crippen LogP contribution is 2.41. The molecule has 2 unspecified atom stereocenters. The van der Waals surface area contributed by atoms with Crippen LogP contribution in [0.1, 0.15) is 30.9 Å². The lowest BCUT2D eigenvalue weighted by atomic mass is 10.0. The van der Waals surface area contributed by atoms with Gasteiger partial charge in [-0.3, -0.25) is 4.90 Å². The van der Waals surface area contributed by atoms with E-state index in [1.807, 2.05) is 17.0 Å². The first-order valence-corrected chi connectivity index (χ1v) is 9.81. The molecule has 2 aliphatic heterocycles. The lowest BCUT2D eigenvalue weighted by Gasteiger charge is -2.35. The van der Waals surface area contributed by atoms with E-state index in [9.17, 15) is 9.18 Å². The van der Waals surface area contributed by atoms with Gasteiger partial charge in [-0.25, -0.2) is 9.18 Å². The molecule has 0 aromatic heterocycles. The van der Waals surface area contributed by atoms with Gasteiger partial charge in [0.25, 0.3) is 0 Å². The zero-order chi connectivity index (χ0) is 17.9. The maximum Gasteiger partial charge on any atom is 0.317 e. The van der Waals surface area contributed by atoms with Gasteiger partial charge in [-0.15, -0.1) is 0 Å². The number of hydrogen-bond acceptors (Lipinski definition) is 3. The Labute approximate surface area is 154 Å². The molecule has 1 aromatic rings. The van der Waals surface area contributed by atoms with Crippen LogP contribution < -0.4 is 5.32 Å². The molecule has 1 N–H and O–H groups in total. The number of halogens is 1. The summed E-state index contributed by atoms with van der Waals surface area (Å²) in [5.74, 6) is 1.31. The van der Waals surface area contributed by atoms with Crippen molar-refractivity contribution in [3.8, 4) is 0 Å². The summed E-state index contributed by atoms with van der Waals surface area (Å²) in [6.45, 7) is 4.94. The Morgan fingerprint density at radius 2 is 1.92 bits per heavy atom. The van der Waals surface area contributed by atoms with E-state index in [1.54, 1.807) is 6.07 Å². The Hall–Kier alpha value is -1.66. The van der Waals surface area contributed by atoms with Gasteiger partial charge >= 0.3 is 6.03 Å². The Morgan fingerprint density at radius 3 is 2.65 bits per heavy atom. The summed E-state index contributed by atoms with van der Waals surface area (Å²) in [4.78, 5) is 16.8. The second-order valence-electron chi connectivity index (χ2n) is 7.70. The van der Waals surface area contributed by atoms with Crippen molar-refractivity contribution in [3.63, 3.8) is 0 Å². The average Bonchev–Trinajstić information content (AvgIpc) is 3.40. The van der Waals surface area contributed by atoms with E-state index in [2.05, 4.69) is 10.2 Å². The van der Waals surface area contributed by atoms with Gasteiger partial charge in [0.15, 0.2) is 0 Å². The summed E-state index contributed by atoms with van der Waals surface area (Å²) in [5, 5.41) is 3.07. The number of morpholine rings is 1. The van der Waals surface area contributed by atoms with Crippen LogP contribution in [0.3, 0.4) is 0 Å². The largest absolute Gasteiger partial charge is 0.379 e. The van der Waals surface area contributed by atoms with E-state index < -0.39 is 0 Å². The maximum atomic E-state index is 14.4. The first kappa shape index (κ1) is 17.7. The number of rotatable bonds is 5. The van der Waals surface area contributed by atoms with Crippen LogP contribution in [-0.4, -0.2) is 61.8 Å². The molecule has 26 heavy (non-hydrogen) atoms. The number of nitrogens with one attached hydrogen (secondary N) is 1. The highest BCUT2D eigenvalue weighted by Gasteiger charge is 2.37. The molecule has 2 saturated heterocycles. The molecule has 2 heterocycles. The fraction of sp³-hybridized carbons (Fsp3) is 0.650. The van der Waals surface area contributed by atoms with Crippen molar-refractivity contribution >= 4 is 6.03 Å². The van der Waals surface area contributed by atoms with Gasteiger partial charge in [0.05, 0.1) is 19.3 Å². The van der Waals surface area contributed by atoms with Crippen LogP contribution in [-0.2, 0) is 4.74 Å². The molecule has 6 heteroatoms. The van der Waals surface area contributed by atoms with Crippen molar-refractivity contribution in [2.75, 3.05) is 45.9 Å². The second kappa shape index (κ2) is 7.92. The van der Waals surface area contributed by atoms with Gasteiger partial charge in [0, 0.05) is 38.3 Å². The number of carbonyl (C=O) groups is 1. The summed E-state index contributed by atoms with van der Waals surface area (Å²) in [6.07, 6.45) is 3.78. The van der Waals surface area contributed by atoms with Gasteiger partial charge in [-0.1, -0.05) is 18.2 Å². The third-order valence-electron chi connectivity index (χ3n) is 6.00. The Balaban J connectivity index is 1.39. The summed E-state index contributed by atoms with van der Waals surface area (Å²) in [7, 11) is 0. The Morgan fingerprint density at radius 1 is 1.15 bits per heavy atom. The van der Waals surface area contributed by atoms with Crippen molar-refractivity contribution in [2.45, 2.75) is 25.3 Å². The molecule has 2 amide bonds. The molecular formula is C20H28FN3O2. The third kappa shape index (κ3) is 4.01. The molecule has 0 radical (unpaired) electrons. The Bertz CT molecular complexity index is 631. The van der Waals surface area contributed by atoms with E-state index in [4.69, 9.17) is 4.74 Å². The zero-order valence-electron chi connectivity index (χ0n) is 15.2. The molecule has 1 aromatic carbocycles. The van der Waals surface area contributed by atoms with Gasteiger partial charge < -0.3 is 15.0 Å². The van der Waals surface area contributed by atoms with E-state index in [0.29, 0.717) is 31.2 Å². The van der Waals surface area contributed by atoms with Crippen molar-refractivity contribution in [2.24, 2.45) is 11.8 Å². The SMILES string of the molecule is O=C(NCC(c1ccccc1F)N1CCOCC1)N1CCC(C2CC2)C1. The van der Waals surface area contributed by atoms with E-state index in [1.165, 1.54) is 18.9 Å². The predicted molar refractivity (Wildman–Crippen MR) is 97.3 cm³/mol. The molecule has 1 saturated carbocycles. The number of amides is 2. The quantitative estimate of drug-likeness (QED) is 0.877. The maximum absolute atomic E-state index is 14.4. The molecule has 1 aliphatic carbocycles. The van der Waals surface area contributed by atoms with Gasteiger partial charge in [-0.2, -0.15) is 0 Å². The van der Waals surface area contributed by atoms with Crippen LogP contribution >= 0.6 is 0 Å². The van der Waals surface area contributed by atoms with Gasteiger partial charge in [0.2, 0.25) is 0 Å². The number of ether oxygens (including phenoxy) is 1. The molecule has 4 rings (SSSR count). The number of likely N-dealkylation sites (tertiary alicyclic amines) is 1. The Kier molecular flexibility index (Phi) is 5.41. The van der Waals surface area contributed by atoms with Crippen molar-refractivity contribution in [3.05, 3.63) is 35.6 Å². The molecule has 2 atom stereocenters. The third-order valence-corrected chi connectivity index (χ3v) is 6.00. The van der Waals surface area contributed by atoms with Crippen LogP contribution in [0.4, 0.5) is 9.18 Å². The van der Waals surface area contributed by atoms with Crippen LogP contribution in [0.25, 0.3) is 0 Å². The normalized spacial score (nSPS) is 25.3. The number of nitrogens with zero attached hydrogens (tertiary/aromatic N) is 2. The number of benzene rings is 1. The highest BCUT2D eigenvalue weighted by molar-refractivity contribution is 5.74. The summed E-state index contributed by atoms with van der Waals surface area (Å²) in [6, 6.07) is 6.70. The zero-order valence-corrected chi connectivity index (χ0v) is 15.2. The smallest absolute Gasteiger partial charge is 0.317 e. The van der Waals surface area contributed by atoms with Crippen molar-refractivity contribution < 1.29 is 13.9 Å². The van der Waals surface area contributed by atoms with Crippen molar-refractivity contribution in [1.29, 1.82) is 0 Å². The molecule has 0 spiro atoms. The monoisotopic (exact) mass is 361 g/mol. The standard InChI is InChI=1S/C20H28FN3O2/c21-18-4-2-1-3-17(18)19(23-9-11-26-12-10-23)13-22-20(25)24-8-7-16(14-24)15-5-6-15/h1-4,15-16,19H,5-14H2,(H,22,25). The highest BCUT2D eigenvalue weighted by atomic mass is 19.1. The number of carbonyl (C=O) groups excluding carboxylic acids is 1. The first-order chi connectivity index (χ1) is 12.7. The second-order valence-corrected chi connectivity index (χ2v) is 7.70. The molecule has 3 aliphatic rings. The topological polar surface area (TPSA) is 44.8 Å². The predicted octanol–water partition coefficient (Wildman–Crippen LogP) is 2.64. The minimum absolute atomic E-state index is 0.0113. The summed E-state index contributed by atoms with van der Waals surface area (Å²) < 4.78 is 19.8. The van der Waals surface area contributed by atoms with E-state index in [-0.39, 0.29) is 17.9 Å². The lowest BCUT2D eigenvalue weighted by Crippen LogP contribution is -2.46. The van der Waals surface area contributed by atoms with Gasteiger partial charge in [-0.05, 0) is 37.2 Å². The number of hydrogen-bond donors (Lipinski definition) is 1. The first-order valence-electron chi connectivity index (χ1n) is 9.81. The molecule has 3 fully saturated rings. The van der Waals surface area contributed by atoms with Crippen LogP contribution in [0.5, 0.6) is 0 Å². The van der Waals surface area contributed by atoms with Crippen LogP contribution in [0, 0.1) is 17.7 Å². The molecule has 5 nitrogen and oxygen atoms in total.